The van der Waals surface area contributed by atoms with Crippen molar-refractivity contribution in [3.8, 4) is 0 Å². The summed E-state index contributed by atoms with van der Waals surface area (Å²) in [6, 6.07) is 2.31. The Bertz CT molecular complexity index is 592. The van der Waals surface area contributed by atoms with E-state index < -0.39 is 0 Å². The van der Waals surface area contributed by atoms with Crippen LogP contribution in [0.1, 0.15) is 43.6 Å². The van der Waals surface area contributed by atoms with Crippen LogP contribution >= 0.6 is 0 Å². The van der Waals surface area contributed by atoms with E-state index in [-0.39, 0.29) is 17.9 Å². The van der Waals surface area contributed by atoms with Gasteiger partial charge >= 0.3 is 0 Å². The van der Waals surface area contributed by atoms with Crippen LogP contribution in [-0.4, -0.2) is 76.0 Å². The number of carbonyl (C=O) groups is 2. The van der Waals surface area contributed by atoms with Crippen LogP contribution in [0.4, 0.5) is 0 Å². The number of H-pyrrole nitrogens is 1. The van der Waals surface area contributed by atoms with Crippen LogP contribution in [0.15, 0.2) is 6.07 Å². The second-order valence-corrected chi connectivity index (χ2v) is 6.84. The number of nitrogens with zero attached hydrogens (tertiary/aromatic N) is 4. The van der Waals surface area contributed by atoms with Gasteiger partial charge in [0.05, 0.1) is 18.3 Å². The number of carbonyl (C=O) groups excluding carboxylic acids is 2. The molecule has 1 atom stereocenters. The fourth-order valence-corrected chi connectivity index (χ4v) is 3.67. The third-order valence-electron chi connectivity index (χ3n) is 5.10. The minimum atomic E-state index is 0.0899. The van der Waals surface area contributed by atoms with Gasteiger partial charge in [-0.15, -0.1) is 0 Å². The summed E-state index contributed by atoms with van der Waals surface area (Å²) in [7, 11) is 0. The first kappa shape index (κ1) is 17.0. The van der Waals surface area contributed by atoms with Gasteiger partial charge < -0.3 is 9.80 Å². The standard InChI is InChI=1S/C17H27N5O2/c1-13-11-15(19-18-13)16-5-3-4-6-22(16)12-17(24)21-9-7-20(8-10-21)14(2)23/h11,16H,3-10,12H2,1-2H3,(H,18,19)/t16-/m0/s1. The Hall–Kier alpha value is -1.89. The number of aromatic amines is 1. The molecule has 7 nitrogen and oxygen atoms in total. The molecule has 0 radical (unpaired) electrons. The van der Waals surface area contributed by atoms with Crippen LogP contribution in [0.2, 0.25) is 0 Å². The zero-order valence-corrected chi connectivity index (χ0v) is 14.6. The molecule has 3 heterocycles. The van der Waals surface area contributed by atoms with E-state index in [1.165, 1.54) is 6.42 Å². The molecule has 2 fully saturated rings. The molecule has 3 rings (SSSR count). The van der Waals surface area contributed by atoms with E-state index in [1.54, 1.807) is 11.8 Å². The van der Waals surface area contributed by atoms with Crippen molar-refractivity contribution < 1.29 is 9.59 Å². The molecule has 1 N–H and O–H groups in total. The van der Waals surface area contributed by atoms with Crippen molar-refractivity contribution in [3.05, 3.63) is 17.5 Å². The highest BCUT2D eigenvalue weighted by atomic mass is 16.2. The van der Waals surface area contributed by atoms with Gasteiger partial charge in [-0.3, -0.25) is 19.6 Å². The van der Waals surface area contributed by atoms with Gasteiger partial charge in [0.1, 0.15) is 0 Å². The van der Waals surface area contributed by atoms with Crippen LogP contribution in [-0.2, 0) is 9.59 Å². The van der Waals surface area contributed by atoms with Gasteiger partial charge in [-0.05, 0) is 32.4 Å². The predicted molar refractivity (Wildman–Crippen MR) is 90.3 cm³/mol. The average molecular weight is 333 g/mol. The molecule has 0 saturated carbocycles. The highest BCUT2D eigenvalue weighted by molar-refractivity contribution is 5.79. The van der Waals surface area contributed by atoms with Crippen molar-refractivity contribution in [2.24, 2.45) is 0 Å². The molecule has 24 heavy (non-hydrogen) atoms. The van der Waals surface area contributed by atoms with Gasteiger partial charge in [0.15, 0.2) is 0 Å². The minimum Gasteiger partial charge on any atom is -0.339 e. The molecule has 0 spiro atoms. The van der Waals surface area contributed by atoms with Gasteiger partial charge in [-0.25, -0.2) is 0 Å². The molecular formula is C17H27N5O2. The number of piperazine rings is 1. The number of amides is 2. The number of hydrogen-bond donors (Lipinski definition) is 1. The monoisotopic (exact) mass is 333 g/mol. The van der Waals surface area contributed by atoms with E-state index in [1.807, 2.05) is 11.8 Å². The highest BCUT2D eigenvalue weighted by Crippen LogP contribution is 2.29. The summed E-state index contributed by atoms with van der Waals surface area (Å²) in [4.78, 5) is 30.0. The topological polar surface area (TPSA) is 72.5 Å². The molecule has 0 aliphatic carbocycles. The lowest BCUT2D eigenvalue weighted by Crippen LogP contribution is -2.52. The lowest BCUT2D eigenvalue weighted by atomic mass is 9.99. The lowest BCUT2D eigenvalue weighted by molar-refractivity contribution is -0.139. The van der Waals surface area contributed by atoms with Crippen molar-refractivity contribution in [2.45, 2.75) is 39.2 Å². The first-order valence-electron chi connectivity index (χ1n) is 8.84. The molecule has 2 aliphatic heterocycles. The summed E-state index contributed by atoms with van der Waals surface area (Å²) in [5, 5.41) is 7.41. The number of piperidine rings is 1. The van der Waals surface area contributed by atoms with Crippen molar-refractivity contribution in [3.63, 3.8) is 0 Å². The largest absolute Gasteiger partial charge is 0.339 e. The molecule has 0 unspecified atom stereocenters. The molecule has 132 valence electrons. The molecule has 2 aliphatic rings. The number of nitrogens with one attached hydrogen (secondary N) is 1. The summed E-state index contributed by atoms with van der Waals surface area (Å²) in [5.41, 5.74) is 2.10. The van der Waals surface area contributed by atoms with E-state index in [2.05, 4.69) is 21.2 Å². The Kier molecular flexibility index (Phi) is 5.18. The van der Waals surface area contributed by atoms with Crippen LogP contribution < -0.4 is 0 Å². The summed E-state index contributed by atoms with van der Waals surface area (Å²) in [6.07, 6.45) is 3.36. The SMILES string of the molecule is CC(=O)N1CCN(C(=O)CN2CCCC[C@H]2c2cc(C)[nH]n2)CC1. The normalized spacial score (nSPS) is 22.7. The van der Waals surface area contributed by atoms with E-state index in [4.69, 9.17) is 0 Å². The zero-order chi connectivity index (χ0) is 17.1. The van der Waals surface area contributed by atoms with Crippen molar-refractivity contribution in [1.29, 1.82) is 0 Å². The number of likely N-dealkylation sites (tertiary alicyclic amines) is 1. The fraction of sp³-hybridized carbons (Fsp3) is 0.706. The van der Waals surface area contributed by atoms with Gasteiger partial charge in [0.2, 0.25) is 11.8 Å². The van der Waals surface area contributed by atoms with Crippen LogP contribution in [0.5, 0.6) is 0 Å². The first-order valence-corrected chi connectivity index (χ1v) is 8.84. The lowest BCUT2D eigenvalue weighted by Gasteiger charge is -2.38. The molecule has 7 heteroatoms. The molecule has 0 aromatic carbocycles. The Morgan fingerprint density at radius 1 is 1.17 bits per heavy atom. The number of rotatable bonds is 3. The molecule has 2 saturated heterocycles. The number of hydrogen-bond acceptors (Lipinski definition) is 4. The fourth-order valence-electron chi connectivity index (χ4n) is 3.67. The van der Waals surface area contributed by atoms with Gasteiger partial charge in [-0.1, -0.05) is 6.42 Å². The highest BCUT2D eigenvalue weighted by Gasteiger charge is 2.30. The van der Waals surface area contributed by atoms with Crippen molar-refractivity contribution >= 4 is 11.8 Å². The second kappa shape index (κ2) is 7.34. The maximum absolute atomic E-state index is 12.7. The number of aromatic nitrogens is 2. The third-order valence-corrected chi connectivity index (χ3v) is 5.10. The maximum atomic E-state index is 12.7. The second-order valence-electron chi connectivity index (χ2n) is 6.84. The Morgan fingerprint density at radius 3 is 2.50 bits per heavy atom. The summed E-state index contributed by atoms with van der Waals surface area (Å²) >= 11 is 0. The van der Waals surface area contributed by atoms with Gasteiger partial charge in [0.25, 0.3) is 0 Å². The van der Waals surface area contributed by atoms with E-state index in [9.17, 15) is 9.59 Å². The van der Waals surface area contributed by atoms with Crippen LogP contribution in [0.3, 0.4) is 0 Å². The quantitative estimate of drug-likeness (QED) is 0.893. The summed E-state index contributed by atoms with van der Waals surface area (Å²) in [5.74, 6) is 0.254. The summed E-state index contributed by atoms with van der Waals surface area (Å²) < 4.78 is 0. The van der Waals surface area contributed by atoms with Gasteiger partial charge in [-0.2, -0.15) is 5.10 Å². The van der Waals surface area contributed by atoms with Crippen LogP contribution in [0.25, 0.3) is 0 Å². The molecule has 0 bridgehead atoms. The average Bonchev–Trinajstić information content (AvgIpc) is 3.01. The number of aryl methyl sites for hydroxylation is 1. The third kappa shape index (κ3) is 3.77. The predicted octanol–water partition coefficient (Wildman–Crippen LogP) is 0.936. The van der Waals surface area contributed by atoms with Gasteiger partial charge in [0, 0.05) is 38.8 Å². The first-order chi connectivity index (χ1) is 11.5. The molecule has 2 amide bonds. The Labute approximate surface area is 143 Å². The van der Waals surface area contributed by atoms with Crippen molar-refractivity contribution in [2.75, 3.05) is 39.3 Å². The van der Waals surface area contributed by atoms with E-state index >= 15 is 0 Å². The molecular weight excluding hydrogens is 306 g/mol. The van der Waals surface area contributed by atoms with E-state index in [0.717, 1.165) is 30.8 Å². The smallest absolute Gasteiger partial charge is 0.236 e. The van der Waals surface area contributed by atoms with Crippen LogP contribution in [0, 0.1) is 6.92 Å². The maximum Gasteiger partial charge on any atom is 0.236 e. The van der Waals surface area contributed by atoms with E-state index in [0.29, 0.717) is 32.7 Å². The Morgan fingerprint density at radius 2 is 1.88 bits per heavy atom. The summed E-state index contributed by atoms with van der Waals surface area (Å²) in [6.45, 7) is 7.53. The zero-order valence-electron chi connectivity index (χ0n) is 14.6. The van der Waals surface area contributed by atoms with Crippen molar-refractivity contribution in [1.82, 2.24) is 24.9 Å². The minimum absolute atomic E-state index is 0.0899. The Balaban J connectivity index is 1.59. The molecule has 1 aromatic heterocycles. The molecule has 1 aromatic rings.